The lowest BCUT2D eigenvalue weighted by Crippen LogP contribution is -2.02. The maximum absolute atomic E-state index is 2.48. The summed E-state index contributed by atoms with van der Waals surface area (Å²) in [7, 11) is 0. The van der Waals surface area contributed by atoms with E-state index in [0.717, 1.165) is 25.7 Å². The van der Waals surface area contributed by atoms with Gasteiger partial charge in [0.2, 0.25) is 0 Å². The summed E-state index contributed by atoms with van der Waals surface area (Å²) in [6.07, 6.45) is 9.36. The summed E-state index contributed by atoms with van der Waals surface area (Å²) in [6, 6.07) is 13.8. The molecule has 2 aromatic rings. The number of fused-ring (bicyclic) bond motifs is 2. The molecule has 0 heteroatoms. The van der Waals surface area contributed by atoms with Gasteiger partial charge in [-0.05, 0) is 70.2 Å². The Morgan fingerprint density at radius 1 is 0.792 bits per heavy atom. The minimum atomic E-state index is 0.479. The molecule has 0 radical (unpaired) electrons. The van der Waals surface area contributed by atoms with Gasteiger partial charge in [-0.25, -0.2) is 0 Å². The fourth-order valence-corrected chi connectivity index (χ4v) is 4.46. The van der Waals surface area contributed by atoms with E-state index in [2.05, 4.69) is 69.3 Å². The van der Waals surface area contributed by atoms with E-state index in [0.29, 0.717) is 5.92 Å². The maximum atomic E-state index is 2.48. The number of hydrogen-bond donors (Lipinski definition) is 0. The summed E-state index contributed by atoms with van der Waals surface area (Å²) in [6.45, 7) is 6.93. The van der Waals surface area contributed by atoms with Crippen molar-refractivity contribution < 1.29 is 0 Å². The Morgan fingerprint density at radius 2 is 1.42 bits per heavy atom. The third kappa shape index (κ3) is 2.36. The smallest absolute Gasteiger partial charge is 0.00669 e. The van der Waals surface area contributed by atoms with Gasteiger partial charge in [0.05, 0.1) is 0 Å². The van der Waals surface area contributed by atoms with E-state index in [1.807, 2.05) is 0 Å². The van der Waals surface area contributed by atoms with E-state index >= 15 is 0 Å². The van der Waals surface area contributed by atoms with E-state index in [1.54, 1.807) is 0 Å². The van der Waals surface area contributed by atoms with Crippen molar-refractivity contribution in [3.05, 3.63) is 81.9 Å². The molecule has 0 aliphatic heterocycles. The topological polar surface area (TPSA) is 0 Å². The van der Waals surface area contributed by atoms with Gasteiger partial charge in [-0.15, -0.1) is 0 Å². The highest BCUT2D eigenvalue weighted by Crippen LogP contribution is 2.43. The van der Waals surface area contributed by atoms with Crippen molar-refractivity contribution in [1.82, 2.24) is 0 Å². The Bertz CT molecular complexity index is 848. The molecule has 1 unspecified atom stereocenters. The molecule has 0 amide bonds. The first-order chi connectivity index (χ1) is 11.7. The molecule has 24 heavy (non-hydrogen) atoms. The standard InChI is InChI=1S/C24H26/c1-4-17-14-20-11-13-22(24(20)15-18(17)5-2)16(3)21-12-10-19-8-6-7-9-23(19)21/h6-9,12-16H,4-5,10-11H2,1-3H3. The molecule has 122 valence electrons. The van der Waals surface area contributed by atoms with Crippen LogP contribution in [0.5, 0.6) is 0 Å². The molecule has 0 N–H and O–H groups in total. The van der Waals surface area contributed by atoms with Crippen molar-refractivity contribution >= 4 is 11.1 Å². The van der Waals surface area contributed by atoms with Crippen LogP contribution in [0.1, 0.15) is 54.2 Å². The zero-order valence-corrected chi connectivity index (χ0v) is 15.0. The largest absolute Gasteiger partial charge is 0.0757 e. The van der Waals surface area contributed by atoms with Crippen LogP contribution in [-0.4, -0.2) is 0 Å². The number of rotatable bonds is 4. The predicted octanol–water partition coefficient (Wildman–Crippen LogP) is 6.03. The van der Waals surface area contributed by atoms with Crippen molar-refractivity contribution in [3.8, 4) is 0 Å². The third-order valence-corrected chi connectivity index (χ3v) is 5.84. The molecular formula is C24H26. The van der Waals surface area contributed by atoms with Crippen LogP contribution in [0.2, 0.25) is 0 Å². The number of benzene rings is 2. The van der Waals surface area contributed by atoms with Crippen LogP contribution in [0.3, 0.4) is 0 Å². The molecule has 1 atom stereocenters. The molecule has 4 rings (SSSR count). The quantitative estimate of drug-likeness (QED) is 0.646. The summed E-state index contributed by atoms with van der Waals surface area (Å²) < 4.78 is 0. The fourth-order valence-electron chi connectivity index (χ4n) is 4.46. The van der Waals surface area contributed by atoms with Crippen molar-refractivity contribution in [3.63, 3.8) is 0 Å². The number of hydrogen-bond acceptors (Lipinski definition) is 0. The first-order valence-corrected chi connectivity index (χ1v) is 9.36. The Hall–Kier alpha value is -2.08. The van der Waals surface area contributed by atoms with Crippen molar-refractivity contribution in [1.29, 1.82) is 0 Å². The maximum Gasteiger partial charge on any atom is 0.00669 e. The fraction of sp³-hybridized carbons (Fsp3) is 0.333. The molecule has 0 saturated carbocycles. The van der Waals surface area contributed by atoms with Crippen LogP contribution in [0.25, 0.3) is 11.1 Å². The van der Waals surface area contributed by atoms with Crippen molar-refractivity contribution in [2.75, 3.05) is 0 Å². The lowest BCUT2D eigenvalue weighted by molar-refractivity contribution is 0.987. The van der Waals surface area contributed by atoms with Crippen LogP contribution in [0.15, 0.2) is 48.6 Å². The SMILES string of the molecule is CCc1cc2c(cc1CC)C(C(C)C1=CCc3ccccc31)=CC2. The second-order valence-electron chi connectivity index (χ2n) is 7.09. The molecule has 0 bridgehead atoms. The van der Waals surface area contributed by atoms with Gasteiger partial charge < -0.3 is 0 Å². The van der Waals surface area contributed by atoms with E-state index < -0.39 is 0 Å². The molecule has 0 saturated heterocycles. The lowest BCUT2D eigenvalue weighted by atomic mass is 9.85. The predicted molar refractivity (Wildman–Crippen MR) is 104 cm³/mol. The van der Waals surface area contributed by atoms with Crippen molar-refractivity contribution in [2.24, 2.45) is 5.92 Å². The van der Waals surface area contributed by atoms with Gasteiger partial charge in [0, 0.05) is 5.92 Å². The van der Waals surface area contributed by atoms with Gasteiger partial charge in [0.25, 0.3) is 0 Å². The van der Waals surface area contributed by atoms with Gasteiger partial charge in [-0.2, -0.15) is 0 Å². The van der Waals surface area contributed by atoms with Crippen LogP contribution in [0, 0.1) is 5.92 Å². The summed E-state index contributed by atoms with van der Waals surface area (Å²) in [5.41, 5.74) is 12.1. The molecule has 2 aliphatic rings. The minimum absolute atomic E-state index is 0.479. The van der Waals surface area contributed by atoms with E-state index in [-0.39, 0.29) is 0 Å². The van der Waals surface area contributed by atoms with Gasteiger partial charge in [-0.1, -0.05) is 69.3 Å². The van der Waals surface area contributed by atoms with Crippen LogP contribution < -0.4 is 0 Å². The molecule has 2 aliphatic carbocycles. The summed E-state index contributed by atoms with van der Waals surface area (Å²) in [5, 5.41) is 0. The van der Waals surface area contributed by atoms with Gasteiger partial charge in [0.1, 0.15) is 0 Å². The zero-order valence-electron chi connectivity index (χ0n) is 15.0. The molecule has 0 aromatic heterocycles. The van der Waals surface area contributed by atoms with Crippen LogP contribution >= 0.6 is 0 Å². The lowest BCUT2D eigenvalue weighted by Gasteiger charge is -2.19. The van der Waals surface area contributed by atoms with Crippen LogP contribution in [0.4, 0.5) is 0 Å². The second-order valence-corrected chi connectivity index (χ2v) is 7.09. The van der Waals surface area contributed by atoms with Gasteiger partial charge in [0.15, 0.2) is 0 Å². The third-order valence-electron chi connectivity index (χ3n) is 5.84. The Kier molecular flexibility index (Phi) is 3.92. The highest BCUT2D eigenvalue weighted by molar-refractivity contribution is 5.87. The van der Waals surface area contributed by atoms with Crippen LogP contribution in [-0.2, 0) is 25.7 Å². The van der Waals surface area contributed by atoms with Crippen molar-refractivity contribution in [2.45, 2.75) is 46.5 Å². The summed E-state index contributed by atoms with van der Waals surface area (Å²) in [5.74, 6) is 0.479. The van der Waals surface area contributed by atoms with E-state index in [1.165, 1.54) is 44.5 Å². The van der Waals surface area contributed by atoms with E-state index in [4.69, 9.17) is 0 Å². The normalized spacial score (nSPS) is 16.5. The van der Waals surface area contributed by atoms with Gasteiger partial charge in [-0.3, -0.25) is 0 Å². The molecule has 2 aromatic carbocycles. The Balaban J connectivity index is 1.71. The summed E-state index contributed by atoms with van der Waals surface area (Å²) in [4.78, 5) is 0. The highest BCUT2D eigenvalue weighted by Gasteiger charge is 2.26. The Labute approximate surface area is 145 Å². The number of aryl methyl sites for hydroxylation is 2. The average molecular weight is 314 g/mol. The van der Waals surface area contributed by atoms with E-state index in [9.17, 15) is 0 Å². The first-order valence-electron chi connectivity index (χ1n) is 9.36. The summed E-state index contributed by atoms with van der Waals surface area (Å²) >= 11 is 0. The molecule has 0 spiro atoms. The monoisotopic (exact) mass is 314 g/mol. The zero-order chi connectivity index (χ0) is 16.7. The second kappa shape index (κ2) is 6.09. The molecule has 0 heterocycles. The molecular weight excluding hydrogens is 288 g/mol. The highest BCUT2D eigenvalue weighted by atomic mass is 14.3. The first kappa shape index (κ1) is 15.4. The number of allylic oxidation sites excluding steroid dienone is 4. The Morgan fingerprint density at radius 3 is 2.17 bits per heavy atom. The minimum Gasteiger partial charge on any atom is -0.0757 e. The van der Waals surface area contributed by atoms with Gasteiger partial charge >= 0.3 is 0 Å². The molecule has 0 nitrogen and oxygen atoms in total. The average Bonchev–Trinajstić information content (AvgIpc) is 3.23. The molecule has 0 fully saturated rings.